The zero-order chi connectivity index (χ0) is 22.5. The number of anilines is 1. The van der Waals surface area contributed by atoms with E-state index < -0.39 is 5.25 Å². The predicted molar refractivity (Wildman–Crippen MR) is 127 cm³/mol. The molecule has 0 radical (unpaired) electrons. The van der Waals surface area contributed by atoms with Gasteiger partial charge in [-0.2, -0.15) is 0 Å². The quantitative estimate of drug-likeness (QED) is 0.654. The van der Waals surface area contributed by atoms with Crippen molar-refractivity contribution >= 4 is 46.8 Å². The second-order valence-electron chi connectivity index (χ2n) is 8.00. The van der Waals surface area contributed by atoms with Crippen LogP contribution in [0.5, 0.6) is 0 Å². The number of rotatable bonds is 6. The molecule has 8 heteroatoms. The Hall–Kier alpha value is -2.51. The van der Waals surface area contributed by atoms with Crippen molar-refractivity contribution in [1.82, 2.24) is 10.2 Å². The minimum Gasteiger partial charge on any atom is -0.354 e. The van der Waals surface area contributed by atoms with Crippen LogP contribution >= 0.6 is 23.4 Å². The van der Waals surface area contributed by atoms with Gasteiger partial charge in [-0.05, 0) is 55.5 Å². The molecule has 1 fully saturated rings. The minimum absolute atomic E-state index is 0.110. The van der Waals surface area contributed by atoms with E-state index in [2.05, 4.69) is 5.32 Å². The Bertz CT molecular complexity index is 992. The molecular weight excluding hydrogens is 446 g/mol. The molecule has 6 nitrogen and oxygen atoms in total. The number of likely N-dealkylation sites (tertiary alicyclic amines) is 1. The molecule has 1 N–H and O–H groups in total. The molecular formula is C24H26ClN3O3S. The fraction of sp³-hybridized carbons (Fsp3) is 0.375. The molecule has 2 heterocycles. The third-order valence-electron chi connectivity index (χ3n) is 5.73. The van der Waals surface area contributed by atoms with Gasteiger partial charge in [0.05, 0.1) is 5.69 Å². The number of carbonyl (C=O) groups excluding carboxylic acids is 3. The van der Waals surface area contributed by atoms with Crippen molar-refractivity contribution in [1.29, 1.82) is 0 Å². The fourth-order valence-corrected chi connectivity index (χ4v) is 5.33. The van der Waals surface area contributed by atoms with Crippen LogP contribution in [0.3, 0.4) is 0 Å². The van der Waals surface area contributed by atoms with Gasteiger partial charge in [0.2, 0.25) is 11.8 Å². The van der Waals surface area contributed by atoms with Crippen LogP contribution in [0.15, 0.2) is 53.4 Å². The van der Waals surface area contributed by atoms with E-state index >= 15 is 0 Å². The average molecular weight is 472 g/mol. The first-order valence-corrected chi connectivity index (χ1v) is 12.2. The van der Waals surface area contributed by atoms with E-state index in [1.165, 1.54) is 16.7 Å². The molecule has 0 saturated carbocycles. The molecule has 2 aliphatic rings. The van der Waals surface area contributed by atoms with E-state index in [4.69, 9.17) is 11.6 Å². The first-order chi connectivity index (χ1) is 15.5. The number of nitrogens with zero attached hydrogens (tertiary/aromatic N) is 2. The smallest absolute Gasteiger partial charge is 0.250 e. The predicted octanol–water partition coefficient (Wildman–Crippen LogP) is 3.52. The van der Waals surface area contributed by atoms with Crippen molar-refractivity contribution < 1.29 is 14.4 Å². The normalized spacial score (nSPS) is 18.3. The topological polar surface area (TPSA) is 69.7 Å². The van der Waals surface area contributed by atoms with Gasteiger partial charge in [-0.15, -0.1) is 11.8 Å². The highest BCUT2D eigenvalue weighted by Gasteiger charge is 2.40. The number of thioether (sulfide) groups is 1. The number of carbonyl (C=O) groups is 3. The molecule has 1 saturated heterocycles. The largest absolute Gasteiger partial charge is 0.354 e. The highest BCUT2D eigenvalue weighted by molar-refractivity contribution is 8.01. The highest BCUT2D eigenvalue weighted by atomic mass is 35.5. The molecule has 2 aromatic carbocycles. The molecule has 0 aliphatic carbocycles. The number of fused-ring (bicyclic) bond motifs is 1. The van der Waals surface area contributed by atoms with Crippen LogP contribution in [0, 0.1) is 0 Å². The lowest BCUT2D eigenvalue weighted by atomic mass is 10.1. The Kier molecular flexibility index (Phi) is 7.37. The van der Waals surface area contributed by atoms with Crippen molar-refractivity contribution in [2.75, 3.05) is 31.1 Å². The van der Waals surface area contributed by atoms with Crippen LogP contribution in [0.1, 0.15) is 24.8 Å². The van der Waals surface area contributed by atoms with Crippen LogP contribution in [0.25, 0.3) is 0 Å². The van der Waals surface area contributed by atoms with Gasteiger partial charge in [-0.3, -0.25) is 14.4 Å². The number of piperidine rings is 1. The number of nitrogens with one attached hydrogen (secondary N) is 1. The van der Waals surface area contributed by atoms with Gasteiger partial charge >= 0.3 is 0 Å². The van der Waals surface area contributed by atoms with Crippen molar-refractivity contribution in [3.8, 4) is 0 Å². The van der Waals surface area contributed by atoms with Gasteiger partial charge in [0, 0.05) is 29.6 Å². The zero-order valence-corrected chi connectivity index (χ0v) is 19.3. The number of benzene rings is 2. The summed E-state index contributed by atoms with van der Waals surface area (Å²) in [4.78, 5) is 43.2. The van der Waals surface area contributed by atoms with Crippen LogP contribution in [0.2, 0.25) is 5.02 Å². The Balaban J connectivity index is 1.42. The van der Waals surface area contributed by atoms with Crippen molar-refractivity contribution in [3.63, 3.8) is 0 Å². The number of hydrogen-bond acceptors (Lipinski definition) is 4. The van der Waals surface area contributed by atoms with Gasteiger partial charge in [-0.25, -0.2) is 0 Å². The van der Waals surface area contributed by atoms with Gasteiger partial charge in [0.1, 0.15) is 6.54 Å². The second kappa shape index (κ2) is 10.4. The second-order valence-corrected chi connectivity index (χ2v) is 9.59. The van der Waals surface area contributed by atoms with Gasteiger partial charge in [-0.1, -0.05) is 35.9 Å². The molecule has 168 valence electrons. The van der Waals surface area contributed by atoms with Crippen molar-refractivity contribution in [2.24, 2.45) is 0 Å². The van der Waals surface area contributed by atoms with E-state index in [1.54, 1.807) is 4.90 Å². The van der Waals surface area contributed by atoms with Crippen LogP contribution in [-0.2, 0) is 20.8 Å². The third-order valence-corrected chi connectivity index (χ3v) is 7.22. The molecule has 2 aromatic rings. The number of para-hydroxylation sites is 1. The number of amides is 3. The SMILES string of the molecule is O=C(CN1C(=O)C(C(=O)N2CCCCC2)Sc2ccccc21)NCCc1ccc(Cl)cc1. The van der Waals surface area contributed by atoms with Crippen molar-refractivity contribution in [2.45, 2.75) is 35.8 Å². The standard InChI is InChI=1S/C24H26ClN3O3S/c25-18-10-8-17(9-11-18)12-13-26-21(29)16-28-19-6-2-3-7-20(19)32-22(24(28)31)23(30)27-14-4-1-5-15-27/h2-3,6-11,22H,1,4-5,12-16H2,(H,26,29). The lowest BCUT2D eigenvalue weighted by Crippen LogP contribution is -2.52. The summed E-state index contributed by atoms with van der Waals surface area (Å²) in [5.41, 5.74) is 1.75. The van der Waals surface area contributed by atoms with E-state index in [-0.39, 0.29) is 24.3 Å². The van der Waals surface area contributed by atoms with Gasteiger partial charge in [0.15, 0.2) is 5.25 Å². The highest BCUT2D eigenvalue weighted by Crippen LogP contribution is 2.39. The Labute approximate surface area is 197 Å². The maximum atomic E-state index is 13.3. The Morgan fingerprint density at radius 1 is 1.03 bits per heavy atom. The minimum atomic E-state index is -0.843. The summed E-state index contributed by atoms with van der Waals surface area (Å²) in [6.45, 7) is 1.72. The van der Waals surface area contributed by atoms with Crippen LogP contribution in [-0.4, -0.2) is 54.1 Å². The van der Waals surface area contributed by atoms with Crippen LogP contribution in [0.4, 0.5) is 5.69 Å². The summed E-state index contributed by atoms with van der Waals surface area (Å²) < 4.78 is 0. The zero-order valence-electron chi connectivity index (χ0n) is 17.8. The summed E-state index contributed by atoms with van der Waals surface area (Å²) >= 11 is 7.20. The molecule has 3 amide bonds. The summed E-state index contributed by atoms with van der Waals surface area (Å²) in [7, 11) is 0. The lowest BCUT2D eigenvalue weighted by molar-refractivity contribution is -0.135. The third kappa shape index (κ3) is 5.27. The summed E-state index contributed by atoms with van der Waals surface area (Å²) in [5, 5.41) is 2.71. The van der Waals surface area contributed by atoms with Crippen LogP contribution < -0.4 is 10.2 Å². The van der Waals surface area contributed by atoms with E-state index in [1.807, 2.05) is 48.5 Å². The molecule has 2 aliphatic heterocycles. The number of hydrogen-bond donors (Lipinski definition) is 1. The molecule has 4 rings (SSSR count). The first kappa shape index (κ1) is 22.7. The van der Waals surface area contributed by atoms with E-state index in [0.29, 0.717) is 36.8 Å². The summed E-state index contributed by atoms with van der Waals surface area (Å²) in [6, 6.07) is 14.9. The molecule has 0 aromatic heterocycles. The fourth-order valence-electron chi connectivity index (χ4n) is 4.01. The maximum absolute atomic E-state index is 13.3. The molecule has 0 bridgehead atoms. The summed E-state index contributed by atoms with van der Waals surface area (Å²) in [6.07, 6.45) is 3.71. The summed E-state index contributed by atoms with van der Waals surface area (Å²) in [5.74, 6) is -0.724. The number of halogens is 1. The Morgan fingerprint density at radius 3 is 2.50 bits per heavy atom. The van der Waals surface area contributed by atoms with E-state index in [9.17, 15) is 14.4 Å². The maximum Gasteiger partial charge on any atom is 0.250 e. The lowest BCUT2D eigenvalue weighted by Gasteiger charge is -2.36. The molecule has 32 heavy (non-hydrogen) atoms. The molecule has 1 unspecified atom stereocenters. The monoisotopic (exact) mass is 471 g/mol. The Morgan fingerprint density at radius 2 is 1.75 bits per heavy atom. The molecule has 1 atom stereocenters. The average Bonchev–Trinajstić information content (AvgIpc) is 2.82. The first-order valence-electron chi connectivity index (χ1n) is 10.9. The van der Waals surface area contributed by atoms with Crippen molar-refractivity contribution in [3.05, 3.63) is 59.1 Å². The van der Waals surface area contributed by atoms with Gasteiger partial charge < -0.3 is 15.1 Å². The molecule has 0 spiro atoms. The van der Waals surface area contributed by atoms with Gasteiger partial charge in [0.25, 0.3) is 5.91 Å². The van der Waals surface area contributed by atoms with E-state index in [0.717, 1.165) is 29.7 Å².